The largest absolute Gasteiger partial charge is 0.416 e. The first-order valence-corrected chi connectivity index (χ1v) is 8.19. The molecule has 1 unspecified atom stereocenters. The third-order valence-corrected chi connectivity index (χ3v) is 4.37. The molecule has 2 N–H and O–H groups in total. The van der Waals surface area contributed by atoms with Crippen molar-refractivity contribution in [1.29, 1.82) is 0 Å². The number of nitrogens with one attached hydrogen (secondary N) is 2. The van der Waals surface area contributed by atoms with Gasteiger partial charge in [-0.15, -0.1) is 0 Å². The van der Waals surface area contributed by atoms with E-state index in [1.807, 2.05) is 0 Å². The Morgan fingerprint density at radius 1 is 1.29 bits per heavy atom. The highest BCUT2D eigenvalue weighted by Crippen LogP contribution is 2.30. The van der Waals surface area contributed by atoms with Gasteiger partial charge >= 0.3 is 6.18 Å². The SMILES string of the molecule is CCNS(=O)(=O)CCNC(C)c1cccc(C(F)(F)F)c1. The summed E-state index contributed by atoms with van der Waals surface area (Å²) in [6.45, 7) is 3.84. The fourth-order valence-electron chi connectivity index (χ4n) is 1.80. The number of sulfonamides is 1. The van der Waals surface area contributed by atoms with Crippen molar-refractivity contribution in [2.75, 3.05) is 18.8 Å². The number of hydrogen-bond acceptors (Lipinski definition) is 3. The van der Waals surface area contributed by atoms with Gasteiger partial charge < -0.3 is 5.32 Å². The molecule has 120 valence electrons. The van der Waals surface area contributed by atoms with E-state index in [-0.39, 0.29) is 18.3 Å². The Hall–Kier alpha value is -1.12. The van der Waals surface area contributed by atoms with Crippen molar-refractivity contribution in [3.05, 3.63) is 35.4 Å². The Labute approximate surface area is 122 Å². The van der Waals surface area contributed by atoms with Crippen LogP contribution in [-0.4, -0.2) is 27.3 Å². The zero-order valence-electron chi connectivity index (χ0n) is 11.9. The molecule has 0 aliphatic carbocycles. The van der Waals surface area contributed by atoms with E-state index in [2.05, 4.69) is 10.0 Å². The van der Waals surface area contributed by atoms with Crippen molar-refractivity contribution < 1.29 is 21.6 Å². The average Bonchev–Trinajstić information content (AvgIpc) is 2.37. The molecule has 1 aromatic rings. The summed E-state index contributed by atoms with van der Waals surface area (Å²) in [4.78, 5) is 0. The Morgan fingerprint density at radius 3 is 2.52 bits per heavy atom. The smallest absolute Gasteiger partial charge is 0.309 e. The van der Waals surface area contributed by atoms with Crippen LogP contribution in [0.5, 0.6) is 0 Å². The first kappa shape index (κ1) is 17.9. The number of alkyl halides is 3. The maximum atomic E-state index is 12.6. The molecule has 0 aliphatic rings. The van der Waals surface area contributed by atoms with Crippen LogP contribution in [0.25, 0.3) is 0 Å². The van der Waals surface area contributed by atoms with Gasteiger partial charge in [-0.3, -0.25) is 0 Å². The lowest BCUT2D eigenvalue weighted by Crippen LogP contribution is -2.32. The topological polar surface area (TPSA) is 58.2 Å². The van der Waals surface area contributed by atoms with Gasteiger partial charge in [0.15, 0.2) is 0 Å². The zero-order valence-corrected chi connectivity index (χ0v) is 12.7. The fourth-order valence-corrected chi connectivity index (χ4v) is 2.77. The first-order chi connectivity index (χ1) is 9.65. The summed E-state index contributed by atoms with van der Waals surface area (Å²) in [6.07, 6.45) is -4.38. The highest BCUT2D eigenvalue weighted by Gasteiger charge is 2.30. The van der Waals surface area contributed by atoms with Crippen LogP contribution in [0.4, 0.5) is 13.2 Å². The van der Waals surface area contributed by atoms with Gasteiger partial charge in [0.05, 0.1) is 11.3 Å². The van der Waals surface area contributed by atoms with Crippen LogP contribution in [0, 0.1) is 0 Å². The van der Waals surface area contributed by atoms with Gasteiger partial charge in [0.1, 0.15) is 0 Å². The summed E-state index contributed by atoms with van der Waals surface area (Å²) in [5.74, 6) is -0.121. The molecule has 21 heavy (non-hydrogen) atoms. The molecule has 0 bridgehead atoms. The van der Waals surface area contributed by atoms with Crippen LogP contribution in [0.15, 0.2) is 24.3 Å². The molecule has 0 radical (unpaired) electrons. The minimum absolute atomic E-state index is 0.121. The molecule has 0 aromatic heterocycles. The lowest BCUT2D eigenvalue weighted by Gasteiger charge is -2.16. The van der Waals surface area contributed by atoms with E-state index >= 15 is 0 Å². The second-order valence-electron chi connectivity index (χ2n) is 4.62. The molecule has 1 aromatic carbocycles. The van der Waals surface area contributed by atoms with Crippen molar-refractivity contribution >= 4 is 10.0 Å². The van der Waals surface area contributed by atoms with E-state index in [4.69, 9.17) is 0 Å². The molecule has 0 heterocycles. The van der Waals surface area contributed by atoms with Crippen LogP contribution >= 0.6 is 0 Å². The summed E-state index contributed by atoms with van der Waals surface area (Å²) >= 11 is 0. The Morgan fingerprint density at radius 2 is 1.95 bits per heavy atom. The normalized spacial score (nSPS) is 14.1. The maximum Gasteiger partial charge on any atom is 0.416 e. The molecular formula is C13H19F3N2O2S. The average molecular weight is 324 g/mol. The van der Waals surface area contributed by atoms with Crippen LogP contribution in [0.3, 0.4) is 0 Å². The van der Waals surface area contributed by atoms with E-state index in [9.17, 15) is 21.6 Å². The molecule has 0 fully saturated rings. The van der Waals surface area contributed by atoms with Crippen molar-refractivity contribution in [1.82, 2.24) is 10.0 Å². The lowest BCUT2D eigenvalue weighted by molar-refractivity contribution is -0.137. The van der Waals surface area contributed by atoms with Crippen LogP contribution < -0.4 is 10.0 Å². The monoisotopic (exact) mass is 324 g/mol. The molecule has 0 amide bonds. The van der Waals surface area contributed by atoms with Crippen LogP contribution in [-0.2, 0) is 16.2 Å². The Balaban J connectivity index is 2.63. The van der Waals surface area contributed by atoms with Gasteiger partial charge in [-0.2, -0.15) is 13.2 Å². The van der Waals surface area contributed by atoms with Gasteiger partial charge in [0, 0.05) is 19.1 Å². The molecule has 0 saturated heterocycles. The Bertz CT molecular complexity index is 559. The molecule has 0 saturated carbocycles. The zero-order chi connectivity index (χ0) is 16.1. The van der Waals surface area contributed by atoms with Crippen LogP contribution in [0.2, 0.25) is 0 Å². The predicted molar refractivity (Wildman–Crippen MR) is 75.3 cm³/mol. The molecule has 0 aliphatic heterocycles. The van der Waals surface area contributed by atoms with E-state index in [1.165, 1.54) is 6.07 Å². The minimum atomic E-state index is -4.38. The molecule has 8 heteroatoms. The minimum Gasteiger partial charge on any atom is -0.309 e. The summed E-state index contributed by atoms with van der Waals surface area (Å²) < 4.78 is 63.1. The molecule has 1 rings (SSSR count). The van der Waals surface area contributed by atoms with Crippen molar-refractivity contribution in [3.63, 3.8) is 0 Å². The second-order valence-corrected chi connectivity index (χ2v) is 6.54. The van der Waals surface area contributed by atoms with Gasteiger partial charge in [0.25, 0.3) is 0 Å². The first-order valence-electron chi connectivity index (χ1n) is 6.53. The third kappa shape index (κ3) is 6.03. The number of benzene rings is 1. The Kier molecular flexibility index (Phi) is 6.18. The predicted octanol–water partition coefficient (Wildman–Crippen LogP) is 2.30. The lowest BCUT2D eigenvalue weighted by atomic mass is 10.1. The quantitative estimate of drug-likeness (QED) is 0.809. The van der Waals surface area contributed by atoms with E-state index in [0.29, 0.717) is 12.1 Å². The van der Waals surface area contributed by atoms with Crippen LogP contribution in [0.1, 0.15) is 31.0 Å². The standard InChI is InChI=1S/C13H19F3N2O2S/c1-3-18-21(19,20)8-7-17-10(2)11-5-4-6-12(9-11)13(14,15)16/h4-6,9-10,17-18H,3,7-8H2,1-2H3. The van der Waals surface area contributed by atoms with Gasteiger partial charge in [-0.1, -0.05) is 19.1 Å². The fraction of sp³-hybridized carbons (Fsp3) is 0.538. The molecule has 0 spiro atoms. The molecule has 4 nitrogen and oxygen atoms in total. The van der Waals surface area contributed by atoms with Gasteiger partial charge in [-0.25, -0.2) is 13.1 Å². The number of halogens is 3. The summed E-state index contributed by atoms with van der Waals surface area (Å²) in [6, 6.07) is 4.61. The van der Waals surface area contributed by atoms with Crippen molar-refractivity contribution in [3.8, 4) is 0 Å². The molecular weight excluding hydrogens is 305 g/mol. The molecule has 1 atom stereocenters. The maximum absolute atomic E-state index is 12.6. The summed E-state index contributed by atoms with van der Waals surface area (Å²) in [5.41, 5.74) is -0.250. The van der Waals surface area contributed by atoms with Crippen molar-refractivity contribution in [2.24, 2.45) is 0 Å². The number of hydrogen-bond donors (Lipinski definition) is 2. The van der Waals surface area contributed by atoms with E-state index in [1.54, 1.807) is 19.9 Å². The second kappa shape index (κ2) is 7.24. The highest BCUT2D eigenvalue weighted by molar-refractivity contribution is 7.89. The van der Waals surface area contributed by atoms with Gasteiger partial charge in [0.2, 0.25) is 10.0 Å². The highest BCUT2D eigenvalue weighted by atomic mass is 32.2. The number of rotatable bonds is 7. The summed E-state index contributed by atoms with van der Waals surface area (Å²) in [5, 5.41) is 2.91. The van der Waals surface area contributed by atoms with Crippen molar-refractivity contribution in [2.45, 2.75) is 26.1 Å². The van der Waals surface area contributed by atoms with Gasteiger partial charge in [-0.05, 0) is 24.6 Å². The van der Waals surface area contributed by atoms with E-state index in [0.717, 1.165) is 12.1 Å². The third-order valence-electron chi connectivity index (χ3n) is 2.90. The van der Waals surface area contributed by atoms with E-state index < -0.39 is 21.8 Å². The summed E-state index contributed by atoms with van der Waals surface area (Å²) in [7, 11) is -3.33.